The predicted molar refractivity (Wildman–Crippen MR) is 81.8 cm³/mol. The highest BCUT2D eigenvalue weighted by molar-refractivity contribution is 5.86. The first-order chi connectivity index (χ1) is 10.1. The Kier molecular flexibility index (Phi) is 5.21. The van der Waals surface area contributed by atoms with E-state index in [1.807, 2.05) is 0 Å². The van der Waals surface area contributed by atoms with Gasteiger partial charge in [0, 0.05) is 12.0 Å². The number of allylic oxidation sites excluding steroid dienone is 2. The molecule has 1 saturated carbocycles. The molecular weight excluding hydrogens is 266 g/mol. The number of nitrogens with zero attached hydrogens (tertiary/aromatic N) is 1. The minimum Gasteiger partial charge on any atom is -0.480 e. The number of amides is 1. The zero-order valence-electron chi connectivity index (χ0n) is 12.5. The van der Waals surface area contributed by atoms with Crippen molar-refractivity contribution in [3.8, 4) is 0 Å². The summed E-state index contributed by atoms with van der Waals surface area (Å²) in [5, 5.41) is 9.49. The summed E-state index contributed by atoms with van der Waals surface area (Å²) in [6.07, 6.45) is 9.45. The van der Waals surface area contributed by atoms with Crippen LogP contribution in [0.1, 0.15) is 44.9 Å². The van der Waals surface area contributed by atoms with Gasteiger partial charge in [-0.1, -0.05) is 25.0 Å². The fourth-order valence-corrected chi connectivity index (χ4v) is 3.91. The fraction of sp³-hybridized carbons (Fsp3) is 0.647. The zero-order chi connectivity index (χ0) is 15.4. The maximum Gasteiger partial charge on any atom is 0.326 e. The standard InChI is InChI=1S/C17H25NO3/c1-3-7-12(8-4-2)16(19)18-14-10-6-5-9-13(14)11-15(18)17(20)21/h3-4,12-15H,1-2,5-11H2,(H,20,21). The van der Waals surface area contributed by atoms with E-state index in [1.165, 1.54) is 0 Å². The van der Waals surface area contributed by atoms with Crippen LogP contribution in [-0.2, 0) is 9.59 Å². The van der Waals surface area contributed by atoms with Gasteiger partial charge in [-0.05, 0) is 38.0 Å². The van der Waals surface area contributed by atoms with Crippen LogP contribution in [0.15, 0.2) is 25.3 Å². The van der Waals surface area contributed by atoms with Crippen molar-refractivity contribution in [3.05, 3.63) is 25.3 Å². The van der Waals surface area contributed by atoms with Crippen LogP contribution in [-0.4, -0.2) is 34.0 Å². The second-order valence-electron chi connectivity index (χ2n) is 6.19. The van der Waals surface area contributed by atoms with Crippen LogP contribution >= 0.6 is 0 Å². The lowest BCUT2D eigenvalue weighted by Gasteiger charge is -2.35. The summed E-state index contributed by atoms with van der Waals surface area (Å²) in [5.41, 5.74) is 0. The van der Waals surface area contributed by atoms with E-state index in [2.05, 4.69) is 13.2 Å². The molecule has 0 radical (unpaired) electrons. The highest BCUT2D eigenvalue weighted by Gasteiger charge is 2.48. The van der Waals surface area contributed by atoms with E-state index in [0.29, 0.717) is 25.2 Å². The van der Waals surface area contributed by atoms with Crippen LogP contribution in [0.4, 0.5) is 0 Å². The summed E-state index contributed by atoms with van der Waals surface area (Å²) in [5.74, 6) is -0.759. The minimum atomic E-state index is -0.867. The number of hydrogen-bond donors (Lipinski definition) is 1. The van der Waals surface area contributed by atoms with Crippen molar-refractivity contribution in [2.45, 2.75) is 57.0 Å². The van der Waals surface area contributed by atoms with Crippen LogP contribution in [0.5, 0.6) is 0 Å². The van der Waals surface area contributed by atoms with Crippen molar-refractivity contribution in [3.63, 3.8) is 0 Å². The molecule has 4 nitrogen and oxygen atoms in total. The number of hydrogen-bond acceptors (Lipinski definition) is 2. The fourth-order valence-electron chi connectivity index (χ4n) is 3.91. The Morgan fingerprint density at radius 2 is 1.81 bits per heavy atom. The van der Waals surface area contributed by atoms with Gasteiger partial charge < -0.3 is 10.0 Å². The van der Waals surface area contributed by atoms with Gasteiger partial charge in [-0.15, -0.1) is 13.2 Å². The lowest BCUT2D eigenvalue weighted by atomic mass is 9.84. The number of fused-ring (bicyclic) bond motifs is 1. The van der Waals surface area contributed by atoms with E-state index in [1.54, 1.807) is 17.1 Å². The smallest absolute Gasteiger partial charge is 0.326 e. The Balaban J connectivity index is 2.22. The van der Waals surface area contributed by atoms with Gasteiger partial charge in [-0.25, -0.2) is 4.79 Å². The molecule has 0 spiro atoms. The minimum absolute atomic E-state index is 0.0309. The lowest BCUT2D eigenvalue weighted by Crippen LogP contribution is -2.48. The Labute approximate surface area is 126 Å². The number of aliphatic carboxylic acids is 1. The summed E-state index contributed by atoms with van der Waals surface area (Å²) < 4.78 is 0. The number of carbonyl (C=O) groups excluding carboxylic acids is 1. The van der Waals surface area contributed by atoms with Gasteiger partial charge in [0.2, 0.25) is 5.91 Å². The Morgan fingerprint density at radius 3 is 2.38 bits per heavy atom. The quantitative estimate of drug-likeness (QED) is 0.765. The molecule has 1 aliphatic heterocycles. The molecule has 4 heteroatoms. The molecule has 1 amide bonds. The van der Waals surface area contributed by atoms with E-state index in [9.17, 15) is 14.7 Å². The van der Waals surface area contributed by atoms with Crippen molar-refractivity contribution in [2.75, 3.05) is 0 Å². The molecule has 1 aliphatic carbocycles. The summed E-state index contributed by atoms with van der Waals surface area (Å²) in [6.45, 7) is 7.41. The molecular formula is C17H25NO3. The summed E-state index contributed by atoms with van der Waals surface area (Å²) >= 11 is 0. The number of carboxylic acids is 1. The monoisotopic (exact) mass is 291 g/mol. The van der Waals surface area contributed by atoms with E-state index >= 15 is 0 Å². The molecule has 2 fully saturated rings. The third-order valence-corrected chi connectivity index (χ3v) is 4.88. The Bertz CT molecular complexity index is 422. The zero-order valence-corrected chi connectivity index (χ0v) is 12.5. The first-order valence-electron chi connectivity index (χ1n) is 7.87. The molecule has 2 aliphatic rings. The van der Waals surface area contributed by atoms with Crippen LogP contribution in [0.3, 0.4) is 0 Å². The largest absolute Gasteiger partial charge is 0.480 e. The highest BCUT2D eigenvalue weighted by atomic mass is 16.4. The van der Waals surface area contributed by atoms with E-state index in [-0.39, 0.29) is 17.9 Å². The average Bonchev–Trinajstić information content (AvgIpc) is 2.86. The molecule has 1 N–H and O–H groups in total. The van der Waals surface area contributed by atoms with Gasteiger partial charge in [0.15, 0.2) is 0 Å². The maximum atomic E-state index is 12.9. The average molecular weight is 291 g/mol. The third-order valence-electron chi connectivity index (χ3n) is 4.88. The molecule has 21 heavy (non-hydrogen) atoms. The van der Waals surface area contributed by atoms with Crippen LogP contribution in [0.25, 0.3) is 0 Å². The van der Waals surface area contributed by atoms with Gasteiger partial charge in [0.1, 0.15) is 6.04 Å². The van der Waals surface area contributed by atoms with Gasteiger partial charge >= 0.3 is 5.97 Å². The molecule has 0 aromatic rings. The third kappa shape index (κ3) is 3.20. The van der Waals surface area contributed by atoms with E-state index in [4.69, 9.17) is 0 Å². The summed E-state index contributed by atoms with van der Waals surface area (Å²) in [7, 11) is 0. The van der Waals surface area contributed by atoms with Gasteiger partial charge in [0.25, 0.3) is 0 Å². The first-order valence-corrected chi connectivity index (χ1v) is 7.87. The van der Waals surface area contributed by atoms with E-state index in [0.717, 1.165) is 25.7 Å². The van der Waals surface area contributed by atoms with Crippen molar-refractivity contribution in [2.24, 2.45) is 11.8 Å². The predicted octanol–water partition coefficient (Wildman–Crippen LogP) is 3.00. The molecule has 3 unspecified atom stereocenters. The molecule has 116 valence electrons. The Morgan fingerprint density at radius 1 is 1.19 bits per heavy atom. The van der Waals surface area contributed by atoms with Crippen molar-refractivity contribution in [1.82, 2.24) is 4.90 Å². The van der Waals surface area contributed by atoms with Crippen LogP contribution < -0.4 is 0 Å². The molecule has 1 heterocycles. The molecule has 1 saturated heterocycles. The number of likely N-dealkylation sites (tertiary alicyclic amines) is 1. The van der Waals surface area contributed by atoms with Gasteiger partial charge in [-0.2, -0.15) is 0 Å². The van der Waals surface area contributed by atoms with Gasteiger partial charge in [-0.3, -0.25) is 4.79 Å². The summed E-state index contributed by atoms with van der Waals surface area (Å²) in [6, 6.07) is -0.535. The SMILES string of the molecule is C=CCC(CC=C)C(=O)N1C(C(=O)O)CC2CCCCC21. The second kappa shape index (κ2) is 6.92. The van der Waals surface area contributed by atoms with Crippen LogP contribution in [0, 0.1) is 11.8 Å². The van der Waals surface area contributed by atoms with Crippen molar-refractivity contribution >= 4 is 11.9 Å². The number of carbonyl (C=O) groups is 2. The second-order valence-corrected chi connectivity index (χ2v) is 6.19. The molecule has 0 aromatic heterocycles. The first kappa shape index (κ1) is 15.8. The van der Waals surface area contributed by atoms with Crippen molar-refractivity contribution in [1.29, 1.82) is 0 Å². The number of carboxylic acid groups (broad SMARTS) is 1. The maximum absolute atomic E-state index is 12.9. The molecule has 0 bridgehead atoms. The topological polar surface area (TPSA) is 57.6 Å². The van der Waals surface area contributed by atoms with Crippen molar-refractivity contribution < 1.29 is 14.7 Å². The highest BCUT2D eigenvalue weighted by Crippen LogP contribution is 2.41. The Hall–Kier alpha value is -1.58. The normalized spacial score (nSPS) is 28.2. The molecule has 3 atom stereocenters. The molecule has 0 aromatic carbocycles. The molecule has 2 rings (SSSR count). The number of rotatable bonds is 6. The van der Waals surface area contributed by atoms with Crippen LogP contribution in [0.2, 0.25) is 0 Å². The van der Waals surface area contributed by atoms with E-state index < -0.39 is 12.0 Å². The summed E-state index contributed by atoms with van der Waals surface area (Å²) in [4.78, 5) is 26.1. The lowest BCUT2D eigenvalue weighted by molar-refractivity contribution is -0.151. The van der Waals surface area contributed by atoms with Gasteiger partial charge in [0.05, 0.1) is 0 Å².